The number of benzene rings is 1. The predicted octanol–water partition coefficient (Wildman–Crippen LogP) is 2.03. The molecule has 0 radical (unpaired) electrons. The first kappa shape index (κ1) is 14.9. The first-order valence-electron chi connectivity index (χ1n) is 7.73. The molecule has 1 aromatic rings. The van der Waals surface area contributed by atoms with Crippen LogP contribution in [-0.2, 0) is 16.4 Å². The van der Waals surface area contributed by atoms with Gasteiger partial charge in [-0.25, -0.2) is 12.7 Å². The number of fused-ring (bicyclic) bond motifs is 1. The fraction of sp³-hybridized carbons (Fsp3) is 0.625. The molecule has 4 nitrogen and oxygen atoms in total. The molecule has 2 aliphatic heterocycles. The van der Waals surface area contributed by atoms with Crippen molar-refractivity contribution >= 4 is 15.7 Å². The molecular weight excluding hydrogens is 284 g/mol. The van der Waals surface area contributed by atoms with Gasteiger partial charge >= 0.3 is 0 Å². The molecule has 2 aliphatic rings. The Balaban J connectivity index is 1.72. The van der Waals surface area contributed by atoms with E-state index in [1.54, 1.807) is 4.31 Å². The highest BCUT2D eigenvalue weighted by molar-refractivity contribution is 7.88. The smallest absolute Gasteiger partial charge is 0.211 e. The molecular formula is C16H24N2O2S. The Bertz CT molecular complexity index is 627. The Hall–Kier alpha value is -1.07. The van der Waals surface area contributed by atoms with Gasteiger partial charge < -0.3 is 4.90 Å². The van der Waals surface area contributed by atoms with E-state index in [-0.39, 0.29) is 0 Å². The quantitative estimate of drug-likeness (QED) is 0.858. The van der Waals surface area contributed by atoms with E-state index < -0.39 is 10.0 Å². The fourth-order valence-electron chi connectivity index (χ4n) is 3.71. The van der Waals surface area contributed by atoms with Crippen molar-refractivity contribution in [2.45, 2.75) is 26.2 Å². The maximum absolute atomic E-state index is 11.7. The highest BCUT2D eigenvalue weighted by Gasteiger charge is 2.29. The largest absolute Gasteiger partial charge is 0.370 e. The van der Waals surface area contributed by atoms with Gasteiger partial charge in [0.05, 0.1) is 6.26 Å². The summed E-state index contributed by atoms with van der Waals surface area (Å²) >= 11 is 0. The average molecular weight is 308 g/mol. The highest BCUT2D eigenvalue weighted by atomic mass is 32.2. The third kappa shape index (κ3) is 3.09. The van der Waals surface area contributed by atoms with E-state index in [2.05, 4.69) is 30.0 Å². The summed E-state index contributed by atoms with van der Waals surface area (Å²) in [4.78, 5) is 2.46. The second kappa shape index (κ2) is 5.61. The zero-order chi connectivity index (χ0) is 15.0. The topological polar surface area (TPSA) is 40.6 Å². The van der Waals surface area contributed by atoms with Crippen molar-refractivity contribution in [3.63, 3.8) is 0 Å². The Morgan fingerprint density at radius 3 is 2.86 bits per heavy atom. The van der Waals surface area contributed by atoms with E-state index in [0.29, 0.717) is 19.0 Å². The molecule has 116 valence electrons. The van der Waals surface area contributed by atoms with Gasteiger partial charge in [-0.15, -0.1) is 0 Å². The van der Waals surface area contributed by atoms with Crippen LogP contribution >= 0.6 is 0 Å². The zero-order valence-electron chi connectivity index (χ0n) is 12.9. The minimum absolute atomic E-state index is 0.444. The summed E-state index contributed by atoms with van der Waals surface area (Å²) in [6, 6.07) is 6.51. The van der Waals surface area contributed by atoms with Gasteiger partial charge in [0.15, 0.2) is 0 Å². The van der Waals surface area contributed by atoms with Gasteiger partial charge in [-0.2, -0.15) is 0 Å². The number of para-hydroxylation sites is 1. The SMILES string of the molecule is Cc1cccc2c1N(CC1CCCN(S(C)(=O)=O)C1)CC2. The Morgan fingerprint density at radius 1 is 1.29 bits per heavy atom. The Kier molecular flexibility index (Phi) is 3.97. The van der Waals surface area contributed by atoms with Crippen molar-refractivity contribution < 1.29 is 8.42 Å². The van der Waals surface area contributed by atoms with Crippen LogP contribution in [0.3, 0.4) is 0 Å². The molecule has 0 spiro atoms. The number of rotatable bonds is 3. The average Bonchev–Trinajstić information content (AvgIpc) is 2.83. The van der Waals surface area contributed by atoms with Crippen molar-refractivity contribution in [1.29, 1.82) is 0 Å². The van der Waals surface area contributed by atoms with E-state index in [9.17, 15) is 8.42 Å². The monoisotopic (exact) mass is 308 g/mol. The Labute approximate surface area is 127 Å². The predicted molar refractivity (Wildman–Crippen MR) is 86.2 cm³/mol. The summed E-state index contributed by atoms with van der Waals surface area (Å²) in [5.74, 6) is 0.444. The van der Waals surface area contributed by atoms with Crippen LogP contribution in [-0.4, -0.2) is 45.2 Å². The molecule has 1 atom stereocenters. The van der Waals surface area contributed by atoms with Gasteiger partial charge in [0.1, 0.15) is 0 Å². The lowest BCUT2D eigenvalue weighted by atomic mass is 9.98. The van der Waals surface area contributed by atoms with Gasteiger partial charge in [-0.3, -0.25) is 0 Å². The molecule has 0 amide bonds. The van der Waals surface area contributed by atoms with Gasteiger partial charge in [-0.1, -0.05) is 18.2 Å². The minimum Gasteiger partial charge on any atom is -0.370 e. The van der Waals surface area contributed by atoms with Crippen LogP contribution in [0.15, 0.2) is 18.2 Å². The molecule has 1 fully saturated rings. The van der Waals surface area contributed by atoms with Gasteiger partial charge in [0, 0.05) is 31.9 Å². The molecule has 3 rings (SSSR count). The number of anilines is 1. The van der Waals surface area contributed by atoms with Crippen LogP contribution < -0.4 is 4.90 Å². The highest BCUT2D eigenvalue weighted by Crippen LogP contribution is 2.33. The van der Waals surface area contributed by atoms with Crippen molar-refractivity contribution in [3.05, 3.63) is 29.3 Å². The lowest BCUT2D eigenvalue weighted by Gasteiger charge is -2.34. The van der Waals surface area contributed by atoms with E-state index >= 15 is 0 Å². The molecule has 0 saturated carbocycles. The van der Waals surface area contributed by atoms with Crippen LogP contribution in [0.25, 0.3) is 0 Å². The molecule has 0 N–H and O–H groups in total. The summed E-state index contributed by atoms with van der Waals surface area (Å²) in [6.45, 7) is 5.57. The number of hydrogen-bond donors (Lipinski definition) is 0. The molecule has 1 unspecified atom stereocenters. The summed E-state index contributed by atoms with van der Waals surface area (Å²) in [7, 11) is -3.05. The molecule has 0 aliphatic carbocycles. The number of sulfonamides is 1. The number of aryl methyl sites for hydroxylation is 1. The van der Waals surface area contributed by atoms with E-state index in [1.807, 2.05) is 0 Å². The third-order valence-electron chi connectivity index (χ3n) is 4.72. The van der Waals surface area contributed by atoms with Crippen molar-refractivity contribution in [2.24, 2.45) is 5.92 Å². The molecule has 2 heterocycles. The third-order valence-corrected chi connectivity index (χ3v) is 5.99. The molecule has 0 aromatic heterocycles. The Morgan fingerprint density at radius 2 is 2.10 bits per heavy atom. The second-order valence-electron chi connectivity index (χ2n) is 6.41. The lowest BCUT2D eigenvalue weighted by Crippen LogP contribution is -2.43. The standard InChI is InChI=1S/C16H24N2O2S/c1-13-5-3-7-15-8-10-17(16(13)15)11-14-6-4-9-18(12-14)21(2,19)20/h3,5,7,14H,4,6,8-12H2,1-2H3. The van der Waals surface area contributed by atoms with E-state index in [1.165, 1.54) is 23.1 Å². The van der Waals surface area contributed by atoms with Crippen molar-refractivity contribution in [3.8, 4) is 0 Å². The molecule has 0 bridgehead atoms. The maximum atomic E-state index is 11.7. The van der Waals surface area contributed by atoms with E-state index in [0.717, 1.165) is 32.4 Å². The van der Waals surface area contributed by atoms with Crippen LogP contribution in [0.2, 0.25) is 0 Å². The van der Waals surface area contributed by atoms with Crippen molar-refractivity contribution in [1.82, 2.24) is 4.31 Å². The molecule has 1 aromatic carbocycles. The van der Waals surface area contributed by atoms with Gasteiger partial charge in [0.25, 0.3) is 0 Å². The summed E-state index contributed by atoms with van der Waals surface area (Å²) < 4.78 is 25.1. The number of nitrogens with zero attached hydrogens (tertiary/aromatic N) is 2. The summed E-state index contributed by atoms with van der Waals surface area (Å²) in [6.07, 6.45) is 4.54. The maximum Gasteiger partial charge on any atom is 0.211 e. The fourth-order valence-corrected chi connectivity index (χ4v) is 4.65. The number of hydrogen-bond acceptors (Lipinski definition) is 3. The lowest BCUT2D eigenvalue weighted by molar-refractivity contribution is 0.270. The van der Waals surface area contributed by atoms with Gasteiger partial charge in [0.2, 0.25) is 10.0 Å². The minimum atomic E-state index is -3.05. The number of piperidine rings is 1. The first-order chi connectivity index (χ1) is 9.95. The van der Waals surface area contributed by atoms with Crippen LogP contribution in [0.4, 0.5) is 5.69 Å². The summed E-state index contributed by atoms with van der Waals surface area (Å²) in [5.41, 5.74) is 4.15. The molecule has 1 saturated heterocycles. The normalized spacial score (nSPS) is 23.3. The van der Waals surface area contributed by atoms with Gasteiger partial charge in [-0.05, 0) is 43.2 Å². The first-order valence-corrected chi connectivity index (χ1v) is 9.58. The molecule has 5 heteroatoms. The van der Waals surface area contributed by atoms with Crippen LogP contribution in [0.5, 0.6) is 0 Å². The summed E-state index contributed by atoms with van der Waals surface area (Å²) in [5, 5.41) is 0. The second-order valence-corrected chi connectivity index (χ2v) is 8.39. The van der Waals surface area contributed by atoms with Crippen LogP contribution in [0.1, 0.15) is 24.0 Å². The zero-order valence-corrected chi connectivity index (χ0v) is 13.7. The van der Waals surface area contributed by atoms with Crippen LogP contribution in [0, 0.1) is 12.8 Å². The molecule has 21 heavy (non-hydrogen) atoms. The van der Waals surface area contributed by atoms with Crippen molar-refractivity contribution in [2.75, 3.05) is 37.3 Å². The van der Waals surface area contributed by atoms with E-state index in [4.69, 9.17) is 0 Å².